The van der Waals surface area contributed by atoms with Crippen LogP contribution in [0.3, 0.4) is 0 Å². The molecule has 0 bridgehead atoms. The standard InChI is InChI=1S/C16H16N6/c1-21-9-12(7-19-21)14-8-18-16-15(17)20-13(10-22(14)16)11-5-3-2-4-6-11/h2-7,9-10,14H,8H2,1H3,(H2,17,20). The number of fused-ring (bicyclic) bond motifs is 1. The van der Waals surface area contributed by atoms with Crippen molar-refractivity contribution in [2.75, 3.05) is 6.54 Å². The number of aromatic nitrogens is 2. The lowest BCUT2D eigenvalue weighted by Crippen LogP contribution is -2.38. The van der Waals surface area contributed by atoms with Gasteiger partial charge in [-0.2, -0.15) is 5.10 Å². The highest BCUT2D eigenvalue weighted by molar-refractivity contribution is 6.42. The highest BCUT2D eigenvalue weighted by atomic mass is 15.3. The van der Waals surface area contributed by atoms with Crippen LogP contribution in [0.25, 0.3) is 5.70 Å². The molecule has 2 aromatic rings. The monoisotopic (exact) mass is 292 g/mol. The van der Waals surface area contributed by atoms with E-state index in [0.29, 0.717) is 12.4 Å². The van der Waals surface area contributed by atoms with Crippen LogP contribution < -0.4 is 5.73 Å². The van der Waals surface area contributed by atoms with Gasteiger partial charge in [-0.15, -0.1) is 0 Å². The van der Waals surface area contributed by atoms with Crippen molar-refractivity contribution < 1.29 is 0 Å². The molecule has 110 valence electrons. The summed E-state index contributed by atoms with van der Waals surface area (Å²) in [6, 6.07) is 10.2. The van der Waals surface area contributed by atoms with E-state index in [4.69, 9.17) is 5.73 Å². The topological polar surface area (TPSA) is 71.8 Å². The number of nitrogens with zero attached hydrogens (tertiary/aromatic N) is 5. The van der Waals surface area contributed by atoms with Gasteiger partial charge in [-0.25, -0.2) is 4.99 Å². The predicted octanol–water partition coefficient (Wildman–Crippen LogP) is 1.54. The first-order valence-electron chi connectivity index (χ1n) is 7.15. The summed E-state index contributed by atoms with van der Waals surface area (Å²) in [4.78, 5) is 11.1. The number of aryl methyl sites for hydroxylation is 1. The molecule has 4 rings (SSSR count). The van der Waals surface area contributed by atoms with Crippen LogP contribution in [0.5, 0.6) is 0 Å². The maximum Gasteiger partial charge on any atom is 0.171 e. The van der Waals surface area contributed by atoms with Gasteiger partial charge < -0.3 is 10.6 Å². The lowest BCUT2D eigenvalue weighted by molar-refractivity contribution is 0.459. The second-order valence-electron chi connectivity index (χ2n) is 5.41. The lowest BCUT2D eigenvalue weighted by Gasteiger charge is -2.27. The fraction of sp³-hybridized carbons (Fsp3) is 0.188. The van der Waals surface area contributed by atoms with Gasteiger partial charge in [-0.1, -0.05) is 30.3 Å². The molecule has 1 aromatic heterocycles. The molecule has 6 heteroatoms. The van der Waals surface area contributed by atoms with Crippen LogP contribution >= 0.6 is 0 Å². The third-order valence-corrected chi connectivity index (χ3v) is 3.90. The first-order valence-corrected chi connectivity index (χ1v) is 7.15. The zero-order valence-corrected chi connectivity index (χ0v) is 12.2. The number of amidine groups is 2. The average molecular weight is 292 g/mol. The Balaban J connectivity index is 1.74. The normalized spacial score (nSPS) is 20.3. The molecular weight excluding hydrogens is 276 g/mol. The molecule has 0 spiro atoms. The minimum Gasteiger partial charge on any atom is -0.381 e. The number of aliphatic imine (C=N–C) groups is 2. The van der Waals surface area contributed by atoms with E-state index in [0.717, 1.165) is 22.7 Å². The molecule has 22 heavy (non-hydrogen) atoms. The minimum absolute atomic E-state index is 0.122. The average Bonchev–Trinajstić information content (AvgIpc) is 3.14. The van der Waals surface area contributed by atoms with E-state index < -0.39 is 0 Å². The Hall–Kier alpha value is -2.89. The van der Waals surface area contributed by atoms with Crippen molar-refractivity contribution >= 4 is 17.4 Å². The maximum atomic E-state index is 6.11. The van der Waals surface area contributed by atoms with Crippen molar-refractivity contribution in [2.45, 2.75) is 6.04 Å². The Bertz CT molecular complexity index is 799. The van der Waals surface area contributed by atoms with Crippen molar-refractivity contribution in [1.82, 2.24) is 14.7 Å². The van der Waals surface area contributed by atoms with E-state index >= 15 is 0 Å². The summed E-state index contributed by atoms with van der Waals surface area (Å²) in [5, 5.41) is 4.25. The summed E-state index contributed by atoms with van der Waals surface area (Å²) in [6.07, 6.45) is 5.91. The van der Waals surface area contributed by atoms with Crippen LogP contribution in [-0.2, 0) is 7.05 Å². The molecule has 0 fully saturated rings. The molecule has 1 unspecified atom stereocenters. The largest absolute Gasteiger partial charge is 0.381 e. The molecule has 0 amide bonds. The summed E-state index contributed by atoms with van der Waals surface area (Å²) >= 11 is 0. The molecule has 6 nitrogen and oxygen atoms in total. The highest BCUT2D eigenvalue weighted by Gasteiger charge is 2.33. The molecule has 2 aliphatic heterocycles. The van der Waals surface area contributed by atoms with Crippen molar-refractivity contribution in [3.8, 4) is 0 Å². The Labute approximate surface area is 128 Å². The highest BCUT2D eigenvalue weighted by Crippen LogP contribution is 2.31. The summed E-state index contributed by atoms with van der Waals surface area (Å²) in [5.74, 6) is 1.21. The Morgan fingerprint density at radius 1 is 1.23 bits per heavy atom. The van der Waals surface area contributed by atoms with Crippen LogP contribution in [0.1, 0.15) is 17.2 Å². The third kappa shape index (κ3) is 2.00. The molecule has 1 aromatic carbocycles. The smallest absolute Gasteiger partial charge is 0.171 e. The van der Waals surface area contributed by atoms with E-state index in [-0.39, 0.29) is 6.04 Å². The van der Waals surface area contributed by atoms with Gasteiger partial charge >= 0.3 is 0 Å². The Morgan fingerprint density at radius 2 is 2.05 bits per heavy atom. The second-order valence-corrected chi connectivity index (χ2v) is 5.41. The summed E-state index contributed by atoms with van der Waals surface area (Å²) in [7, 11) is 1.91. The predicted molar refractivity (Wildman–Crippen MR) is 86.1 cm³/mol. The van der Waals surface area contributed by atoms with Gasteiger partial charge in [0.2, 0.25) is 0 Å². The van der Waals surface area contributed by atoms with Gasteiger partial charge in [0.1, 0.15) is 0 Å². The van der Waals surface area contributed by atoms with Crippen molar-refractivity contribution in [3.05, 3.63) is 60.1 Å². The van der Waals surface area contributed by atoms with Crippen molar-refractivity contribution in [2.24, 2.45) is 22.8 Å². The summed E-state index contributed by atoms with van der Waals surface area (Å²) < 4.78 is 1.80. The number of nitrogens with two attached hydrogens (primary N) is 1. The summed E-state index contributed by atoms with van der Waals surface area (Å²) in [6.45, 7) is 0.663. The number of hydrogen-bond acceptors (Lipinski definition) is 5. The first kappa shape index (κ1) is 12.8. The molecule has 0 saturated heterocycles. The van der Waals surface area contributed by atoms with E-state index in [1.54, 1.807) is 4.68 Å². The number of benzene rings is 1. The van der Waals surface area contributed by atoms with Crippen LogP contribution in [0.2, 0.25) is 0 Å². The quantitative estimate of drug-likeness (QED) is 0.912. The van der Waals surface area contributed by atoms with Gasteiger partial charge in [-0.05, 0) is 0 Å². The Morgan fingerprint density at radius 3 is 2.77 bits per heavy atom. The van der Waals surface area contributed by atoms with Gasteiger partial charge in [0.05, 0.1) is 24.5 Å². The van der Waals surface area contributed by atoms with E-state index in [9.17, 15) is 0 Å². The van der Waals surface area contributed by atoms with E-state index in [1.807, 2.05) is 56.0 Å². The summed E-state index contributed by atoms with van der Waals surface area (Å²) in [5.41, 5.74) is 9.13. The molecule has 3 heterocycles. The van der Waals surface area contributed by atoms with Gasteiger partial charge in [0, 0.05) is 30.6 Å². The lowest BCUT2D eigenvalue weighted by atomic mass is 10.1. The number of hydrogen-bond donors (Lipinski definition) is 1. The van der Waals surface area contributed by atoms with Gasteiger partial charge in [0.15, 0.2) is 11.7 Å². The molecule has 2 N–H and O–H groups in total. The van der Waals surface area contributed by atoms with Crippen LogP contribution in [-0.4, -0.2) is 32.9 Å². The third-order valence-electron chi connectivity index (χ3n) is 3.90. The van der Waals surface area contributed by atoms with Crippen LogP contribution in [0, 0.1) is 0 Å². The molecule has 1 atom stereocenters. The molecular formula is C16H16N6. The molecule has 0 saturated carbocycles. The van der Waals surface area contributed by atoms with E-state index in [2.05, 4.69) is 20.0 Å². The Kier molecular flexibility index (Phi) is 2.82. The first-order chi connectivity index (χ1) is 10.7. The molecule has 0 aliphatic carbocycles. The zero-order valence-electron chi connectivity index (χ0n) is 12.2. The fourth-order valence-corrected chi connectivity index (χ4v) is 2.82. The van der Waals surface area contributed by atoms with Gasteiger partial charge in [-0.3, -0.25) is 9.67 Å². The minimum atomic E-state index is 0.122. The SMILES string of the molecule is Cn1cc(C2CN=C3C(N)=NC(c4ccccc4)=CN32)cn1. The van der Waals surface area contributed by atoms with E-state index in [1.165, 1.54) is 0 Å². The molecule has 2 aliphatic rings. The maximum absolute atomic E-state index is 6.11. The van der Waals surface area contributed by atoms with Crippen LogP contribution in [0.15, 0.2) is 58.9 Å². The number of rotatable bonds is 2. The van der Waals surface area contributed by atoms with Crippen molar-refractivity contribution in [1.29, 1.82) is 0 Å². The fourth-order valence-electron chi connectivity index (χ4n) is 2.82. The molecule has 0 radical (unpaired) electrons. The second kappa shape index (κ2) is 4.84. The van der Waals surface area contributed by atoms with Gasteiger partial charge in [0.25, 0.3) is 0 Å². The van der Waals surface area contributed by atoms with Crippen molar-refractivity contribution in [3.63, 3.8) is 0 Å². The zero-order chi connectivity index (χ0) is 15.1. The van der Waals surface area contributed by atoms with Crippen LogP contribution in [0.4, 0.5) is 0 Å².